The fourth-order valence-corrected chi connectivity index (χ4v) is 3.04. The number of aliphatic hydroxyl groups is 1. The molecule has 0 heterocycles. The molecule has 1 N–H and O–H groups in total. The van der Waals surface area contributed by atoms with Crippen LogP contribution in [0.15, 0.2) is 24.3 Å². The molecule has 1 atom stereocenters. The molecular weight excluding hydrogens is 208 g/mol. The van der Waals surface area contributed by atoms with Crippen molar-refractivity contribution in [3.63, 3.8) is 0 Å². The number of benzene rings is 1. The smallest absolute Gasteiger partial charge is 0.0818 e. The molecule has 0 aliphatic heterocycles. The Morgan fingerprint density at radius 1 is 1.24 bits per heavy atom. The monoisotopic (exact) mass is 232 g/mol. The van der Waals surface area contributed by atoms with E-state index in [4.69, 9.17) is 0 Å². The van der Waals surface area contributed by atoms with Crippen LogP contribution in [0.4, 0.5) is 0 Å². The lowest BCUT2D eigenvalue weighted by Gasteiger charge is -2.31. The Kier molecular flexibility index (Phi) is 4.22. The third-order valence-corrected chi connectivity index (χ3v) is 4.30. The third kappa shape index (κ3) is 3.10. The second-order valence-corrected chi connectivity index (χ2v) is 5.55. The zero-order chi connectivity index (χ0) is 12.3. The third-order valence-electron chi connectivity index (χ3n) is 4.30. The molecule has 0 aromatic heterocycles. The normalized spacial score (nSPS) is 26.8. The highest BCUT2D eigenvalue weighted by molar-refractivity contribution is 5.24. The van der Waals surface area contributed by atoms with Gasteiger partial charge < -0.3 is 5.11 Å². The van der Waals surface area contributed by atoms with Gasteiger partial charge in [0.1, 0.15) is 0 Å². The lowest BCUT2D eigenvalue weighted by Crippen LogP contribution is -2.20. The van der Waals surface area contributed by atoms with Gasteiger partial charge in [0.2, 0.25) is 0 Å². The molecule has 0 radical (unpaired) electrons. The zero-order valence-corrected chi connectivity index (χ0v) is 11.0. The molecular formula is C16H24O. The number of rotatable bonds is 3. The Labute approximate surface area is 105 Å². The van der Waals surface area contributed by atoms with Crippen molar-refractivity contribution < 1.29 is 5.11 Å². The highest BCUT2D eigenvalue weighted by Crippen LogP contribution is 2.37. The minimum atomic E-state index is -0.257. The summed E-state index contributed by atoms with van der Waals surface area (Å²) in [6.07, 6.45) is 6.01. The molecule has 2 rings (SSSR count). The molecule has 0 bridgehead atoms. The Morgan fingerprint density at radius 3 is 2.53 bits per heavy atom. The summed E-state index contributed by atoms with van der Waals surface area (Å²) in [6.45, 7) is 4.37. The second kappa shape index (κ2) is 5.68. The molecule has 1 aliphatic rings. The molecule has 0 saturated heterocycles. The van der Waals surface area contributed by atoms with E-state index < -0.39 is 0 Å². The van der Waals surface area contributed by atoms with E-state index in [9.17, 15) is 5.11 Å². The molecule has 94 valence electrons. The second-order valence-electron chi connectivity index (χ2n) is 5.55. The van der Waals surface area contributed by atoms with E-state index in [2.05, 4.69) is 32.0 Å². The van der Waals surface area contributed by atoms with Crippen LogP contribution in [0.25, 0.3) is 0 Å². The van der Waals surface area contributed by atoms with E-state index in [0.29, 0.717) is 5.92 Å². The van der Waals surface area contributed by atoms with E-state index in [-0.39, 0.29) is 6.10 Å². The topological polar surface area (TPSA) is 20.2 Å². The molecule has 0 amide bonds. The summed E-state index contributed by atoms with van der Waals surface area (Å²) < 4.78 is 0. The average molecular weight is 232 g/mol. The minimum Gasteiger partial charge on any atom is -0.388 e. The Hall–Kier alpha value is -0.820. The largest absolute Gasteiger partial charge is 0.388 e. The Balaban J connectivity index is 1.99. The molecule has 1 heteroatoms. The van der Waals surface area contributed by atoms with Crippen molar-refractivity contribution in [2.24, 2.45) is 11.8 Å². The molecule has 0 spiro atoms. The predicted molar refractivity (Wildman–Crippen MR) is 71.9 cm³/mol. The quantitative estimate of drug-likeness (QED) is 0.826. The zero-order valence-electron chi connectivity index (χ0n) is 11.0. The first kappa shape index (κ1) is 12.6. The first-order valence-electron chi connectivity index (χ1n) is 6.95. The molecule has 1 unspecified atom stereocenters. The molecule has 1 aliphatic carbocycles. The van der Waals surface area contributed by atoms with Crippen LogP contribution in [0.1, 0.15) is 56.3 Å². The molecule has 1 saturated carbocycles. The van der Waals surface area contributed by atoms with Crippen LogP contribution in [-0.4, -0.2) is 5.11 Å². The van der Waals surface area contributed by atoms with Crippen LogP contribution < -0.4 is 0 Å². The predicted octanol–water partition coefficient (Wildman–Crippen LogP) is 4.24. The number of hydrogen-bond donors (Lipinski definition) is 1. The minimum absolute atomic E-state index is 0.257. The SMILES string of the molecule is CCC1CCC(C(O)c2cccc(C)c2)CC1. The van der Waals surface area contributed by atoms with Gasteiger partial charge in [0.05, 0.1) is 6.10 Å². The maximum Gasteiger partial charge on any atom is 0.0818 e. The highest BCUT2D eigenvalue weighted by Gasteiger charge is 2.26. The summed E-state index contributed by atoms with van der Waals surface area (Å²) in [7, 11) is 0. The molecule has 1 aromatic rings. The van der Waals surface area contributed by atoms with E-state index in [1.165, 1.54) is 37.7 Å². The summed E-state index contributed by atoms with van der Waals surface area (Å²) >= 11 is 0. The van der Waals surface area contributed by atoms with E-state index in [1.54, 1.807) is 0 Å². The van der Waals surface area contributed by atoms with Crippen molar-refractivity contribution in [3.8, 4) is 0 Å². The first-order chi connectivity index (χ1) is 8.20. The van der Waals surface area contributed by atoms with Crippen molar-refractivity contribution in [3.05, 3.63) is 35.4 Å². The highest BCUT2D eigenvalue weighted by atomic mass is 16.3. The van der Waals surface area contributed by atoms with Gasteiger partial charge in [0.15, 0.2) is 0 Å². The standard InChI is InChI=1S/C16H24O/c1-3-13-7-9-14(10-8-13)16(17)15-6-4-5-12(2)11-15/h4-6,11,13-14,16-17H,3,7-10H2,1-2H3. The summed E-state index contributed by atoms with van der Waals surface area (Å²) in [5.41, 5.74) is 2.34. The maximum absolute atomic E-state index is 10.4. The van der Waals surface area contributed by atoms with Gasteiger partial charge in [-0.25, -0.2) is 0 Å². The van der Waals surface area contributed by atoms with Crippen LogP contribution >= 0.6 is 0 Å². The average Bonchev–Trinajstić information content (AvgIpc) is 2.38. The van der Waals surface area contributed by atoms with E-state index >= 15 is 0 Å². The molecule has 1 aromatic carbocycles. The summed E-state index contributed by atoms with van der Waals surface area (Å²) in [5, 5.41) is 10.4. The van der Waals surface area contributed by atoms with Gasteiger partial charge in [0.25, 0.3) is 0 Å². The Morgan fingerprint density at radius 2 is 1.94 bits per heavy atom. The van der Waals surface area contributed by atoms with Crippen molar-refractivity contribution in [1.82, 2.24) is 0 Å². The van der Waals surface area contributed by atoms with E-state index in [0.717, 1.165) is 11.5 Å². The maximum atomic E-state index is 10.4. The van der Waals surface area contributed by atoms with Gasteiger partial charge >= 0.3 is 0 Å². The van der Waals surface area contributed by atoms with Crippen molar-refractivity contribution in [1.29, 1.82) is 0 Å². The summed E-state index contributed by atoms with van der Waals surface area (Å²) in [5.74, 6) is 1.37. The number of aliphatic hydroxyl groups excluding tert-OH is 1. The number of hydrogen-bond acceptors (Lipinski definition) is 1. The van der Waals surface area contributed by atoms with Gasteiger partial charge in [0, 0.05) is 0 Å². The fraction of sp³-hybridized carbons (Fsp3) is 0.625. The lowest BCUT2D eigenvalue weighted by molar-refractivity contribution is 0.0729. The fourth-order valence-electron chi connectivity index (χ4n) is 3.04. The number of aryl methyl sites for hydroxylation is 1. The molecule has 17 heavy (non-hydrogen) atoms. The van der Waals surface area contributed by atoms with Crippen molar-refractivity contribution >= 4 is 0 Å². The van der Waals surface area contributed by atoms with Crippen LogP contribution in [0.5, 0.6) is 0 Å². The first-order valence-corrected chi connectivity index (χ1v) is 6.95. The van der Waals surface area contributed by atoms with Gasteiger partial charge in [-0.2, -0.15) is 0 Å². The molecule has 1 nitrogen and oxygen atoms in total. The summed E-state index contributed by atoms with van der Waals surface area (Å²) in [4.78, 5) is 0. The lowest BCUT2D eigenvalue weighted by atomic mass is 9.77. The van der Waals surface area contributed by atoms with Crippen molar-refractivity contribution in [2.75, 3.05) is 0 Å². The van der Waals surface area contributed by atoms with Crippen molar-refractivity contribution in [2.45, 2.75) is 52.1 Å². The van der Waals surface area contributed by atoms with Gasteiger partial charge in [-0.3, -0.25) is 0 Å². The van der Waals surface area contributed by atoms with Crippen LogP contribution in [-0.2, 0) is 0 Å². The van der Waals surface area contributed by atoms with Crippen LogP contribution in [0, 0.1) is 18.8 Å². The van der Waals surface area contributed by atoms with Crippen LogP contribution in [0.2, 0.25) is 0 Å². The summed E-state index contributed by atoms with van der Waals surface area (Å²) in [6, 6.07) is 8.32. The van der Waals surface area contributed by atoms with E-state index in [1.807, 2.05) is 6.07 Å². The van der Waals surface area contributed by atoms with Gasteiger partial charge in [-0.15, -0.1) is 0 Å². The van der Waals surface area contributed by atoms with Crippen LogP contribution in [0.3, 0.4) is 0 Å². The van der Waals surface area contributed by atoms with Gasteiger partial charge in [-0.1, -0.05) is 56.0 Å². The molecule has 1 fully saturated rings. The van der Waals surface area contributed by atoms with Gasteiger partial charge in [-0.05, 0) is 37.2 Å². The Bertz CT molecular complexity index is 350.